The Labute approximate surface area is 184 Å². The zero-order valence-electron chi connectivity index (χ0n) is 18.2. The summed E-state index contributed by atoms with van der Waals surface area (Å²) >= 11 is 0. The average molecular weight is 459 g/mol. The predicted octanol–water partition coefficient (Wildman–Crippen LogP) is 0.605. The molecule has 4 amide bonds. The van der Waals surface area contributed by atoms with Crippen LogP contribution in [0.3, 0.4) is 0 Å². The highest BCUT2D eigenvalue weighted by atomic mass is 19.4. The van der Waals surface area contributed by atoms with Gasteiger partial charge < -0.3 is 20.9 Å². The smallest absolute Gasteiger partial charge is 0.356 e. The van der Waals surface area contributed by atoms with E-state index in [-0.39, 0.29) is 25.3 Å². The van der Waals surface area contributed by atoms with Gasteiger partial charge in [0.25, 0.3) is 0 Å². The Bertz CT molecular complexity index is 803. The molecule has 0 aromatic carbocycles. The van der Waals surface area contributed by atoms with Crippen LogP contribution < -0.4 is 16.0 Å². The van der Waals surface area contributed by atoms with Crippen molar-refractivity contribution in [3.05, 3.63) is 0 Å². The van der Waals surface area contributed by atoms with Gasteiger partial charge in [0, 0.05) is 19.0 Å². The lowest BCUT2D eigenvalue weighted by molar-refractivity contribution is -0.176. The van der Waals surface area contributed by atoms with Crippen LogP contribution >= 0.6 is 0 Å². The first kappa shape index (κ1) is 25.4. The summed E-state index contributed by atoms with van der Waals surface area (Å²) in [6, 6.07) is -1.49. The molecule has 4 atom stereocenters. The molecule has 0 saturated carbocycles. The summed E-state index contributed by atoms with van der Waals surface area (Å²) < 4.78 is 38.3. The summed E-state index contributed by atoms with van der Waals surface area (Å²) in [5, 5.41) is 16.3. The number of carbonyl (C=O) groups excluding carboxylic acids is 4. The third kappa shape index (κ3) is 6.11. The van der Waals surface area contributed by atoms with Crippen molar-refractivity contribution >= 4 is 23.6 Å². The monoisotopic (exact) mass is 459 g/mol. The molecule has 2 rings (SSSR count). The second kappa shape index (κ2) is 9.75. The van der Waals surface area contributed by atoms with Gasteiger partial charge in [0.1, 0.15) is 18.1 Å². The van der Waals surface area contributed by atoms with E-state index in [1.807, 2.05) is 6.07 Å². The van der Waals surface area contributed by atoms with E-state index in [2.05, 4.69) is 10.6 Å². The van der Waals surface area contributed by atoms with Crippen LogP contribution in [-0.4, -0.2) is 65.9 Å². The summed E-state index contributed by atoms with van der Waals surface area (Å²) in [4.78, 5) is 50.3. The maximum atomic E-state index is 13.1. The van der Waals surface area contributed by atoms with Crippen molar-refractivity contribution < 1.29 is 32.3 Å². The normalized spacial score (nSPS) is 23.2. The highest BCUT2D eigenvalue weighted by molar-refractivity contribution is 5.94. The van der Waals surface area contributed by atoms with E-state index in [1.165, 1.54) is 20.8 Å². The van der Waals surface area contributed by atoms with Crippen LogP contribution in [0.1, 0.15) is 46.5 Å². The minimum Gasteiger partial charge on any atom is -0.356 e. The first-order chi connectivity index (χ1) is 14.8. The molecule has 2 aliphatic rings. The Kier molecular flexibility index (Phi) is 7.74. The van der Waals surface area contributed by atoms with Crippen LogP contribution in [-0.2, 0) is 19.2 Å². The minimum absolute atomic E-state index is 0.126. The first-order valence-electron chi connectivity index (χ1n) is 10.4. The van der Waals surface area contributed by atoms with Crippen molar-refractivity contribution in [2.45, 2.75) is 70.8 Å². The van der Waals surface area contributed by atoms with E-state index in [4.69, 9.17) is 0 Å². The Morgan fingerprint density at radius 2 is 1.88 bits per heavy atom. The van der Waals surface area contributed by atoms with E-state index in [1.54, 1.807) is 5.32 Å². The molecule has 3 N–H and O–H groups in total. The molecule has 0 aromatic heterocycles. The molecular weight excluding hydrogens is 431 g/mol. The topological polar surface area (TPSA) is 131 Å². The second-order valence-corrected chi connectivity index (χ2v) is 9.16. The summed E-state index contributed by atoms with van der Waals surface area (Å²) in [7, 11) is 0. The quantitative estimate of drug-likeness (QED) is 0.536. The van der Waals surface area contributed by atoms with E-state index in [0.717, 1.165) is 4.90 Å². The Morgan fingerprint density at radius 3 is 2.38 bits per heavy atom. The summed E-state index contributed by atoms with van der Waals surface area (Å²) in [6.07, 6.45) is -3.77. The van der Waals surface area contributed by atoms with Gasteiger partial charge in [0.2, 0.25) is 17.7 Å². The number of hydrogen-bond donors (Lipinski definition) is 3. The summed E-state index contributed by atoms with van der Waals surface area (Å²) in [5.41, 5.74) is -1.05. The molecular formula is C20H28F3N5O4. The van der Waals surface area contributed by atoms with Gasteiger partial charge in [0.15, 0.2) is 0 Å². The number of likely N-dealkylation sites (tertiary alicyclic amines) is 1. The molecule has 0 spiro atoms. The van der Waals surface area contributed by atoms with Crippen molar-refractivity contribution in [3.8, 4) is 6.07 Å². The molecule has 2 fully saturated rings. The number of amides is 4. The van der Waals surface area contributed by atoms with Gasteiger partial charge in [-0.1, -0.05) is 20.8 Å². The Morgan fingerprint density at radius 1 is 1.22 bits per heavy atom. The molecule has 2 heterocycles. The van der Waals surface area contributed by atoms with Crippen LogP contribution in [0.15, 0.2) is 0 Å². The standard InChI is InChI=1S/C20H28F3N5O4/c1-19(2,3)14(27-18(32)20(21,22)23)17(31)28-8-4-5-13(28)16(30)26-12(10-24)9-11-6-7-25-15(11)29/h11-14H,4-9H2,1-3H3,(H,25,29)(H,26,30)(H,27,32)/t11-,12?,13-,14?/m0/s1. The number of halogens is 3. The minimum atomic E-state index is -5.15. The van der Waals surface area contributed by atoms with Gasteiger partial charge >= 0.3 is 12.1 Å². The SMILES string of the molecule is CC(C)(C)C(NC(=O)C(F)(F)F)C(=O)N1CCC[C@H]1C(=O)NC(C#N)C[C@@H]1CCNC1=O. The largest absolute Gasteiger partial charge is 0.471 e. The van der Waals surface area contributed by atoms with Crippen molar-refractivity contribution in [2.24, 2.45) is 11.3 Å². The van der Waals surface area contributed by atoms with Gasteiger partial charge in [-0.2, -0.15) is 18.4 Å². The molecule has 12 heteroatoms. The number of nitrogens with zero attached hydrogens (tertiary/aromatic N) is 2. The third-order valence-electron chi connectivity index (χ3n) is 5.64. The van der Waals surface area contributed by atoms with Crippen molar-refractivity contribution in [3.63, 3.8) is 0 Å². The average Bonchev–Trinajstić information content (AvgIpc) is 3.32. The van der Waals surface area contributed by atoms with Crippen LogP contribution in [0, 0.1) is 22.7 Å². The fourth-order valence-corrected chi connectivity index (χ4v) is 3.90. The lowest BCUT2D eigenvalue weighted by Crippen LogP contribution is -2.59. The predicted molar refractivity (Wildman–Crippen MR) is 105 cm³/mol. The number of nitriles is 1. The second-order valence-electron chi connectivity index (χ2n) is 9.16. The maximum absolute atomic E-state index is 13.1. The Hall–Kier alpha value is -2.84. The molecule has 2 unspecified atom stereocenters. The molecule has 0 aromatic rings. The molecule has 2 saturated heterocycles. The number of alkyl halides is 3. The van der Waals surface area contributed by atoms with Crippen LogP contribution in [0.5, 0.6) is 0 Å². The summed E-state index contributed by atoms with van der Waals surface area (Å²) in [5.74, 6) is -4.23. The highest BCUT2D eigenvalue weighted by Crippen LogP contribution is 2.27. The Balaban J connectivity index is 2.11. The number of hydrogen-bond acceptors (Lipinski definition) is 5. The molecule has 9 nitrogen and oxygen atoms in total. The molecule has 178 valence electrons. The number of nitrogens with one attached hydrogen (secondary N) is 3. The van der Waals surface area contributed by atoms with Gasteiger partial charge in [-0.05, 0) is 31.1 Å². The van der Waals surface area contributed by atoms with Gasteiger partial charge in [-0.25, -0.2) is 0 Å². The zero-order valence-corrected chi connectivity index (χ0v) is 18.2. The fraction of sp³-hybridized carbons (Fsp3) is 0.750. The van der Waals surface area contributed by atoms with Crippen LogP contribution in [0.4, 0.5) is 13.2 Å². The van der Waals surface area contributed by atoms with Gasteiger partial charge in [-0.15, -0.1) is 0 Å². The maximum Gasteiger partial charge on any atom is 0.471 e. The molecule has 32 heavy (non-hydrogen) atoms. The first-order valence-corrected chi connectivity index (χ1v) is 10.4. The van der Waals surface area contributed by atoms with Crippen LogP contribution in [0.2, 0.25) is 0 Å². The fourth-order valence-electron chi connectivity index (χ4n) is 3.90. The van der Waals surface area contributed by atoms with Crippen molar-refractivity contribution in [2.75, 3.05) is 13.1 Å². The van der Waals surface area contributed by atoms with Crippen molar-refractivity contribution in [1.29, 1.82) is 5.26 Å². The van der Waals surface area contributed by atoms with Gasteiger partial charge in [0.05, 0.1) is 6.07 Å². The molecule has 0 aliphatic carbocycles. The lowest BCUT2D eigenvalue weighted by Gasteiger charge is -2.35. The lowest BCUT2D eigenvalue weighted by atomic mass is 9.85. The van der Waals surface area contributed by atoms with E-state index in [9.17, 15) is 37.6 Å². The van der Waals surface area contributed by atoms with Crippen molar-refractivity contribution in [1.82, 2.24) is 20.9 Å². The number of rotatable bonds is 6. The third-order valence-corrected chi connectivity index (χ3v) is 5.64. The number of carbonyl (C=O) groups is 4. The van der Waals surface area contributed by atoms with Gasteiger partial charge in [-0.3, -0.25) is 19.2 Å². The summed E-state index contributed by atoms with van der Waals surface area (Å²) in [6.45, 7) is 5.16. The molecule has 0 radical (unpaired) electrons. The van der Waals surface area contributed by atoms with E-state index < -0.39 is 53.4 Å². The molecule has 2 aliphatic heterocycles. The molecule has 0 bridgehead atoms. The van der Waals surface area contributed by atoms with E-state index in [0.29, 0.717) is 19.4 Å². The highest BCUT2D eigenvalue weighted by Gasteiger charge is 2.46. The zero-order chi connectivity index (χ0) is 24.3. The van der Waals surface area contributed by atoms with Crippen LogP contribution in [0.25, 0.3) is 0 Å². The van der Waals surface area contributed by atoms with E-state index >= 15 is 0 Å².